The van der Waals surface area contributed by atoms with Gasteiger partial charge in [-0.1, -0.05) is 55.9 Å². The van der Waals surface area contributed by atoms with Crippen LogP contribution in [0.4, 0.5) is 0 Å². The number of hydrogen-bond donors (Lipinski definition) is 1. The summed E-state index contributed by atoms with van der Waals surface area (Å²) in [4.78, 5) is 10.6. The second-order valence-corrected chi connectivity index (χ2v) is 12.7. The summed E-state index contributed by atoms with van der Waals surface area (Å²) in [7, 11) is 0. The second-order valence-electron chi connectivity index (χ2n) is 4.28. The molecule has 0 radical (unpaired) electrons. The van der Waals surface area contributed by atoms with Crippen LogP contribution in [0.25, 0.3) is 0 Å². The molecule has 1 aromatic rings. The molecule has 6 heteroatoms. The van der Waals surface area contributed by atoms with Gasteiger partial charge in [-0.3, -0.25) is 0 Å². The van der Waals surface area contributed by atoms with E-state index in [2.05, 4.69) is 45.7 Å². The molecule has 0 bridgehead atoms. The lowest BCUT2D eigenvalue weighted by molar-refractivity contribution is 0.585. The van der Waals surface area contributed by atoms with Crippen molar-refractivity contribution in [2.75, 3.05) is 5.75 Å². The van der Waals surface area contributed by atoms with Crippen molar-refractivity contribution in [3.05, 3.63) is 27.1 Å². The fourth-order valence-corrected chi connectivity index (χ4v) is 10.5. The van der Waals surface area contributed by atoms with Gasteiger partial charge in [0.15, 0.2) is 0 Å². The van der Waals surface area contributed by atoms with Crippen LogP contribution in [0.5, 0.6) is 0 Å². The Balaban J connectivity index is 2.83. The van der Waals surface area contributed by atoms with Crippen LogP contribution in [0.15, 0.2) is 27.1 Å². The number of hydrogen-bond acceptors (Lipinski definition) is 2. The molecule has 0 aliphatic heterocycles. The Morgan fingerprint density at radius 3 is 2.44 bits per heavy atom. The summed E-state index contributed by atoms with van der Waals surface area (Å²) in [5.74, 6) is 1.51. The third-order valence-electron chi connectivity index (χ3n) is 2.54. The van der Waals surface area contributed by atoms with Gasteiger partial charge in [-0.2, -0.15) is 0 Å². The summed E-state index contributed by atoms with van der Waals surface area (Å²) >= 11 is 13.9. The lowest BCUT2D eigenvalue weighted by Crippen LogP contribution is -2.08. The van der Waals surface area contributed by atoms with E-state index in [4.69, 9.17) is 11.8 Å². The molecule has 0 spiro atoms. The summed E-state index contributed by atoms with van der Waals surface area (Å²) in [6.45, 7) is 4.39. The van der Waals surface area contributed by atoms with E-state index in [9.17, 15) is 4.89 Å². The predicted molar refractivity (Wildman–Crippen MR) is 94.5 cm³/mol. The highest BCUT2D eigenvalue weighted by atomic mass is 79.9. The van der Waals surface area contributed by atoms with Gasteiger partial charge in [0.1, 0.15) is 5.47 Å². The first-order valence-electron chi connectivity index (χ1n) is 5.80. The third kappa shape index (κ3) is 4.92. The lowest BCUT2D eigenvalue weighted by atomic mass is 10.1. The van der Waals surface area contributed by atoms with Crippen molar-refractivity contribution in [3.8, 4) is 0 Å². The Hall–Kier alpha value is 1.14. The van der Waals surface area contributed by atoms with E-state index < -0.39 is 5.47 Å². The normalized spacial score (nSPS) is 16.3. The minimum atomic E-state index is -2.54. The average molecular weight is 432 g/mol. The van der Waals surface area contributed by atoms with Gasteiger partial charge in [-0.05, 0) is 49.9 Å². The van der Waals surface area contributed by atoms with Gasteiger partial charge in [-0.25, -0.2) is 0 Å². The highest BCUT2D eigenvalue weighted by Crippen LogP contribution is 2.57. The molecule has 1 rings (SSSR count). The second kappa shape index (κ2) is 7.80. The molecule has 0 aliphatic rings. The SMILES string of the molecule is CCCC(C)CSP(O)(=S)c1c(Br)cccc1Br. The topological polar surface area (TPSA) is 20.2 Å². The molecular weight excluding hydrogens is 415 g/mol. The van der Waals surface area contributed by atoms with Crippen molar-refractivity contribution in [2.45, 2.75) is 26.7 Å². The number of benzene rings is 1. The summed E-state index contributed by atoms with van der Waals surface area (Å²) in [6.07, 6.45) is 2.36. The van der Waals surface area contributed by atoms with Crippen LogP contribution in [0.1, 0.15) is 26.7 Å². The van der Waals surface area contributed by atoms with Gasteiger partial charge < -0.3 is 4.89 Å². The fraction of sp³-hybridized carbons (Fsp3) is 0.500. The van der Waals surface area contributed by atoms with Crippen molar-refractivity contribution in [2.24, 2.45) is 5.92 Å². The summed E-state index contributed by atoms with van der Waals surface area (Å²) in [5, 5.41) is 0.841. The molecule has 1 nitrogen and oxygen atoms in total. The molecule has 102 valence electrons. The van der Waals surface area contributed by atoms with Gasteiger partial charge in [-0.15, -0.1) is 0 Å². The number of halogens is 2. The first-order chi connectivity index (χ1) is 8.38. The van der Waals surface area contributed by atoms with E-state index in [0.717, 1.165) is 20.0 Å². The van der Waals surface area contributed by atoms with E-state index in [0.29, 0.717) is 5.92 Å². The van der Waals surface area contributed by atoms with Crippen LogP contribution >= 0.6 is 48.7 Å². The van der Waals surface area contributed by atoms with Crippen LogP contribution in [0, 0.1) is 5.92 Å². The molecule has 1 aromatic carbocycles. The maximum absolute atomic E-state index is 10.6. The van der Waals surface area contributed by atoms with E-state index in [1.54, 1.807) is 0 Å². The molecule has 0 amide bonds. The van der Waals surface area contributed by atoms with Gasteiger partial charge in [0.05, 0.1) is 0 Å². The number of rotatable bonds is 6. The maximum atomic E-state index is 10.6. The molecule has 0 saturated heterocycles. The predicted octanol–water partition coefficient (Wildman–Crippen LogP) is 5.31. The van der Waals surface area contributed by atoms with E-state index in [1.165, 1.54) is 24.2 Å². The molecule has 0 fully saturated rings. The van der Waals surface area contributed by atoms with E-state index in [-0.39, 0.29) is 0 Å². The molecule has 0 aromatic heterocycles. The van der Waals surface area contributed by atoms with Gasteiger partial charge >= 0.3 is 0 Å². The third-order valence-corrected chi connectivity index (χ3v) is 10.1. The molecule has 0 heterocycles. The molecular formula is C12H17Br2OPS2. The summed E-state index contributed by atoms with van der Waals surface area (Å²) in [6, 6.07) is 5.78. The van der Waals surface area contributed by atoms with Gasteiger partial charge in [0, 0.05) is 20.0 Å². The zero-order valence-corrected chi connectivity index (χ0v) is 16.1. The van der Waals surface area contributed by atoms with Crippen LogP contribution in [0.2, 0.25) is 0 Å². The standard InChI is InChI=1S/C12H17Br2OPS2/c1-3-5-9(2)8-18-16(15,17)12-10(13)6-4-7-11(12)14/h4,6-7,9H,3,5,8H2,1-2H3,(H,15,17). The van der Waals surface area contributed by atoms with Gasteiger partial charge in [0.25, 0.3) is 0 Å². The quantitative estimate of drug-likeness (QED) is 0.616. The Morgan fingerprint density at radius 1 is 1.39 bits per heavy atom. The molecule has 2 atom stereocenters. The first-order valence-corrected chi connectivity index (χ1v) is 11.7. The molecule has 1 N–H and O–H groups in total. The van der Waals surface area contributed by atoms with Crippen LogP contribution < -0.4 is 5.30 Å². The van der Waals surface area contributed by atoms with Crippen molar-refractivity contribution >= 4 is 65.8 Å². The van der Waals surface area contributed by atoms with Crippen molar-refractivity contribution in [1.29, 1.82) is 0 Å². The van der Waals surface area contributed by atoms with E-state index >= 15 is 0 Å². The highest BCUT2D eigenvalue weighted by molar-refractivity contribution is 9.11. The molecule has 18 heavy (non-hydrogen) atoms. The molecule has 0 saturated carbocycles. The van der Waals surface area contributed by atoms with Gasteiger partial charge in [0.2, 0.25) is 0 Å². The maximum Gasteiger partial charge on any atom is 0.148 e. The summed E-state index contributed by atoms with van der Waals surface area (Å²) < 4.78 is 1.77. The Kier molecular flexibility index (Phi) is 7.45. The largest absolute Gasteiger partial charge is 0.354 e. The highest BCUT2D eigenvalue weighted by Gasteiger charge is 2.23. The minimum absolute atomic E-state index is 0.593. The Bertz CT molecular complexity index is 433. The fourth-order valence-electron chi connectivity index (χ4n) is 1.63. The average Bonchev–Trinajstić information content (AvgIpc) is 2.26. The Labute approximate surface area is 135 Å². The smallest absolute Gasteiger partial charge is 0.148 e. The summed E-state index contributed by atoms with van der Waals surface area (Å²) in [5.41, 5.74) is -2.54. The Morgan fingerprint density at radius 2 is 1.94 bits per heavy atom. The van der Waals surface area contributed by atoms with Crippen LogP contribution in [0.3, 0.4) is 0 Å². The molecule has 2 unspecified atom stereocenters. The lowest BCUT2D eigenvalue weighted by Gasteiger charge is -2.20. The van der Waals surface area contributed by atoms with E-state index in [1.807, 2.05) is 18.2 Å². The first kappa shape index (κ1) is 17.2. The van der Waals surface area contributed by atoms with Crippen LogP contribution in [-0.2, 0) is 11.8 Å². The van der Waals surface area contributed by atoms with Crippen LogP contribution in [-0.4, -0.2) is 10.6 Å². The minimum Gasteiger partial charge on any atom is -0.354 e. The van der Waals surface area contributed by atoms with Crippen molar-refractivity contribution in [3.63, 3.8) is 0 Å². The molecule has 0 aliphatic carbocycles. The van der Waals surface area contributed by atoms with Crippen molar-refractivity contribution < 1.29 is 4.89 Å². The zero-order chi connectivity index (χ0) is 13.8. The zero-order valence-electron chi connectivity index (χ0n) is 10.4. The van der Waals surface area contributed by atoms with Crippen molar-refractivity contribution in [1.82, 2.24) is 0 Å². The monoisotopic (exact) mass is 430 g/mol.